The van der Waals surface area contributed by atoms with Crippen LogP contribution in [0.25, 0.3) is 0 Å². The van der Waals surface area contributed by atoms with Crippen molar-refractivity contribution in [2.24, 2.45) is 0 Å². The molecule has 0 spiro atoms. The van der Waals surface area contributed by atoms with E-state index in [1.165, 1.54) is 5.56 Å². The molecule has 27 heavy (non-hydrogen) atoms. The highest BCUT2D eigenvalue weighted by Gasteiger charge is 2.31. The van der Waals surface area contributed by atoms with Crippen LogP contribution in [0.4, 0.5) is 0 Å². The lowest BCUT2D eigenvalue weighted by Gasteiger charge is -2.41. The predicted molar refractivity (Wildman–Crippen MR) is 108 cm³/mol. The summed E-state index contributed by atoms with van der Waals surface area (Å²) >= 11 is 0. The standard InChI is InChI=1S/C21H35N5O/c1-4-24-13-15-26(16-14-24)21(27)18(2)23(3)20-7-11-25(12-8-20)17-19-5-9-22-10-6-19/h5-6,9-10,18,20H,4,7-8,11-17H2,1-3H3. The normalized spacial score (nSPS) is 21.6. The highest BCUT2D eigenvalue weighted by Crippen LogP contribution is 2.20. The molecule has 0 N–H and O–H groups in total. The van der Waals surface area contributed by atoms with Gasteiger partial charge >= 0.3 is 0 Å². The number of carbonyl (C=O) groups excluding carboxylic acids is 1. The quantitative estimate of drug-likeness (QED) is 0.757. The highest BCUT2D eigenvalue weighted by molar-refractivity contribution is 5.81. The van der Waals surface area contributed by atoms with E-state index < -0.39 is 0 Å². The summed E-state index contributed by atoms with van der Waals surface area (Å²) in [5, 5.41) is 0. The average molecular weight is 374 g/mol. The fourth-order valence-electron chi connectivity index (χ4n) is 4.27. The summed E-state index contributed by atoms with van der Waals surface area (Å²) in [6, 6.07) is 4.65. The van der Waals surface area contributed by atoms with Crippen molar-refractivity contribution < 1.29 is 4.79 Å². The van der Waals surface area contributed by atoms with Gasteiger partial charge in [0.25, 0.3) is 0 Å². The van der Waals surface area contributed by atoms with Gasteiger partial charge in [-0.2, -0.15) is 0 Å². The van der Waals surface area contributed by atoms with Crippen LogP contribution in [0.3, 0.4) is 0 Å². The Hall–Kier alpha value is -1.50. The molecular weight excluding hydrogens is 338 g/mol. The van der Waals surface area contributed by atoms with E-state index in [0.29, 0.717) is 11.9 Å². The average Bonchev–Trinajstić information content (AvgIpc) is 2.73. The summed E-state index contributed by atoms with van der Waals surface area (Å²) < 4.78 is 0. The van der Waals surface area contributed by atoms with Crippen molar-refractivity contribution in [3.8, 4) is 0 Å². The first-order valence-corrected chi connectivity index (χ1v) is 10.4. The molecule has 1 amide bonds. The van der Waals surface area contributed by atoms with Crippen molar-refractivity contribution in [3.05, 3.63) is 30.1 Å². The summed E-state index contributed by atoms with van der Waals surface area (Å²) in [5.74, 6) is 0.299. The molecule has 1 aromatic heterocycles. The molecule has 6 nitrogen and oxygen atoms in total. The molecule has 2 fully saturated rings. The Bertz CT molecular complexity index is 579. The van der Waals surface area contributed by atoms with Crippen LogP contribution in [0.5, 0.6) is 0 Å². The van der Waals surface area contributed by atoms with Crippen LogP contribution < -0.4 is 0 Å². The molecular formula is C21H35N5O. The van der Waals surface area contributed by atoms with E-state index >= 15 is 0 Å². The lowest BCUT2D eigenvalue weighted by atomic mass is 10.0. The highest BCUT2D eigenvalue weighted by atomic mass is 16.2. The zero-order valence-corrected chi connectivity index (χ0v) is 17.2. The molecule has 2 aliphatic heterocycles. The van der Waals surface area contributed by atoms with E-state index in [-0.39, 0.29) is 6.04 Å². The van der Waals surface area contributed by atoms with E-state index in [1.807, 2.05) is 12.4 Å². The zero-order valence-electron chi connectivity index (χ0n) is 17.2. The zero-order chi connectivity index (χ0) is 19.2. The number of piperazine rings is 1. The number of piperidine rings is 1. The van der Waals surface area contributed by atoms with Crippen molar-refractivity contribution in [2.75, 3.05) is 52.9 Å². The lowest BCUT2D eigenvalue weighted by molar-refractivity contribution is -0.138. The van der Waals surface area contributed by atoms with E-state index in [1.54, 1.807) is 0 Å². The Morgan fingerprint density at radius 1 is 1.11 bits per heavy atom. The second-order valence-electron chi connectivity index (χ2n) is 7.96. The Kier molecular flexibility index (Phi) is 7.21. The summed E-state index contributed by atoms with van der Waals surface area (Å²) in [6.45, 7) is 12.3. The first-order valence-electron chi connectivity index (χ1n) is 10.4. The maximum Gasteiger partial charge on any atom is 0.239 e. The summed E-state index contributed by atoms with van der Waals surface area (Å²) in [6.07, 6.45) is 5.98. The number of likely N-dealkylation sites (N-methyl/N-ethyl adjacent to an activating group) is 2. The van der Waals surface area contributed by atoms with Crippen LogP contribution in [-0.4, -0.2) is 95.4 Å². The van der Waals surface area contributed by atoms with E-state index in [9.17, 15) is 4.79 Å². The number of hydrogen-bond acceptors (Lipinski definition) is 5. The van der Waals surface area contributed by atoms with Crippen molar-refractivity contribution in [3.63, 3.8) is 0 Å². The largest absolute Gasteiger partial charge is 0.339 e. The molecule has 0 radical (unpaired) electrons. The molecule has 1 aromatic rings. The minimum atomic E-state index is -0.0325. The number of amides is 1. The van der Waals surface area contributed by atoms with Crippen LogP contribution in [0.1, 0.15) is 32.3 Å². The van der Waals surface area contributed by atoms with Crippen LogP contribution in [0, 0.1) is 0 Å². The van der Waals surface area contributed by atoms with Crippen LogP contribution in [0.2, 0.25) is 0 Å². The topological polar surface area (TPSA) is 42.9 Å². The third-order valence-corrected chi connectivity index (χ3v) is 6.39. The van der Waals surface area contributed by atoms with Crippen molar-refractivity contribution in [1.29, 1.82) is 0 Å². The van der Waals surface area contributed by atoms with E-state index in [0.717, 1.165) is 65.2 Å². The number of nitrogens with zero attached hydrogens (tertiary/aromatic N) is 5. The third kappa shape index (κ3) is 5.27. The number of carbonyl (C=O) groups is 1. The lowest BCUT2D eigenvalue weighted by Crippen LogP contribution is -2.56. The molecule has 6 heteroatoms. The second-order valence-corrected chi connectivity index (χ2v) is 7.96. The molecule has 0 bridgehead atoms. The molecule has 3 rings (SSSR count). The van der Waals surface area contributed by atoms with E-state index in [4.69, 9.17) is 0 Å². The molecule has 1 atom stereocenters. The summed E-state index contributed by atoms with van der Waals surface area (Å²) in [7, 11) is 2.13. The van der Waals surface area contributed by atoms with Crippen molar-refractivity contribution >= 4 is 5.91 Å². The predicted octanol–water partition coefficient (Wildman–Crippen LogP) is 1.53. The maximum atomic E-state index is 12.9. The first-order chi connectivity index (χ1) is 13.1. The van der Waals surface area contributed by atoms with Gasteiger partial charge in [-0.1, -0.05) is 6.92 Å². The minimum absolute atomic E-state index is 0.0325. The number of hydrogen-bond donors (Lipinski definition) is 0. The summed E-state index contributed by atoms with van der Waals surface area (Å²) in [5.41, 5.74) is 1.33. The molecule has 1 unspecified atom stereocenters. The smallest absolute Gasteiger partial charge is 0.239 e. The molecule has 3 heterocycles. The molecule has 150 valence electrons. The van der Waals surface area contributed by atoms with Gasteiger partial charge in [0.1, 0.15) is 0 Å². The van der Waals surface area contributed by atoms with Gasteiger partial charge in [-0.05, 0) is 64.1 Å². The van der Waals surface area contributed by atoms with Crippen LogP contribution in [-0.2, 0) is 11.3 Å². The van der Waals surface area contributed by atoms with Gasteiger partial charge in [-0.15, -0.1) is 0 Å². The Labute approximate surface area is 164 Å². The number of pyridine rings is 1. The minimum Gasteiger partial charge on any atom is -0.339 e. The molecule has 2 aliphatic rings. The van der Waals surface area contributed by atoms with E-state index in [2.05, 4.69) is 57.6 Å². The maximum absolute atomic E-state index is 12.9. The SMILES string of the molecule is CCN1CCN(C(=O)C(C)N(C)C2CCN(Cc3ccncc3)CC2)CC1. The van der Waals surface area contributed by atoms with Gasteiger partial charge in [-0.25, -0.2) is 0 Å². The van der Waals surface area contributed by atoms with Crippen LogP contribution in [0.15, 0.2) is 24.5 Å². The summed E-state index contributed by atoms with van der Waals surface area (Å²) in [4.78, 5) is 26.3. The van der Waals surface area contributed by atoms with Gasteiger partial charge in [0.15, 0.2) is 0 Å². The number of likely N-dealkylation sites (tertiary alicyclic amines) is 1. The first kappa shape index (κ1) is 20.2. The Balaban J connectivity index is 1.45. The van der Waals surface area contributed by atoms with Gasteiger partial charge in [0.2, 0.25) is 5.91 Å². The Morgan fingerprint density at radius 2 is 1.74 bits per heavy atom. The second kappa shape index (κ2) is 9.62. The van der Waals surface area contributed by atoms with Crippen LogP contribution >= 0.6 is 0 Å². The fourth-order valence-corrected chi connectivity index (χ4v) is 4.27. The third-order valence-electron chi connectivity index (χ3n) is 6.39. The van der Waals surface area contributed by atoms with Crippen molar-refractivity contribution in [1.82, 2.24) is 24.6 Å². The number of rotatable bonds is 6. The van der Waals surface area contributed by atoms with Gasteiger partial charge in [0.05, 0.1) is 6.04 Å². The number of aromatic nitrogens is 1. The van der Waals surface area contributed by atoms with Gasteiger partial charge in [0, 0.05) is 51.2 Å². The Morgan fingerprint density at radius 3 is 2.33 bits per heavy atom. The molecule has 2 saturated heterocycles. The molecule has 0 saturated carbocycles. The molecule has 0 aliphatic carbocycles. The van der Waals surface area contributed by atoms with Gasteiger partial charge < -0.3 is 9.80 Å². The molecule has 0 aromatic carbocycles. The van der Waals surface area contributed by atoms with Crippen molar-refractivity contribution in [2.45, 2.75) is 45.3 Å². The fraction of sp³-hybridized carbons (Fsp3) is 0.714. The monoisotopic (exact) mass is 373 g/mol. The van der Waals surface area contributed by atoms with Gasteiger partial charge in [-0.3, -0.25) is 19.6 Å².